The number of nitrogens with one attached hydrogen (secondary N) is 2. The molecule has 2 aliphatic rings. The first-order valence-electron chi connectivity index (χ1n) is 8.92. The van der Waals surface area contributed by atoms with Crippen LogP contribution in [0.2, 0.25) is 0 Å². The quantitative estimate of drug-likeness (QED) is 0.760. The normalized spacial score (nSPS) is 23.3. The number of hydrogen-bond donors (Lipinski definition) is 2. The summed E-state index contributed by atoms with van der Waals surface area (Å²) >= 11 is 0. The van der Waals surface area contributed by atoms with Gasteiger partial charge < -0.3 is 14.8 Å². The molecule has 0 saturated heterocycles. The fourth-order valence-electron chi connectivity index (χ4n) is 3.90. The minimum Gasteiger partial charge on any atom is -0.455 e. The number of esters is 1. The van der Waals surface area contributed by atoms with Crippen molar-refractivity contribution in [3.8, 4) is 0 Å². The van der Waals surface area contributed by atoms with Gasteiger partial charge in [-0.2, -0.15) is 0 Å². The molecule has 2 fully saturated rings. The summed E-state index contributed by atoms with van der Waals surface area (Å²) in [6, 6.07) is 7.00. The molecule has 3 rings (SSSR count). The van der Waals surface area contributed by atoms with E-state index < -0.39 is 6.09 Å². The largest absolute Gasteiger partial charge is 0.455 e. The Morgan fingerprint density at radius 2 is 1.88 bits per heavy atom. The SMILES string of the molecule is COC(=O)Nc1ccc(CNC(=O)COC(=O)C2CC3CCC2C3)cc1. The lowest BCUT2D eigenvalue weighted by Gasteiger charge is -2.19. The molecular formula is C19H24N2O5. The molecule has 0 aliphatic heterocycles. The smallest absolute Gasteiger partial charge is 0.411 e. The second kappa shape index (κ2) is 8.21. The average molecular weight is 360 g/mol. The zero-order valence-electron chi connectivity index (χ0n) is 14.8. The van der Waals surface area contributed by atoms with Gasteiger partial charge in [0.05, 0.1) is 13.0 Å². The third-order valence-electron chi connectivity index (χ3n) is 5.26. The molecule has 2 amide bonds. The molecule has 0 spiro atoms. The van der Waals surface area contributed by atoms with E-state index in [1.807, 2.05) is 0 Å². The molecule has 2 N–H and O–H groups in total. The molecule has 7 heteroatoms. The van der Waals surface area contributed by atoms with Crippen LogP contribution in [-0.4, -0.2) is 31.7 Å². The van der Waals surface area contributed by atoms with Gasteiger partial charge in [-0.1, -0.05) is 18.6 Å². The van der Waals surface area contributed by atoms with Crippen LogP contribution in [0.15, 0.2) is 24.3 Å². The van der Waals surface area contributed by atoms with Crippen LogP contribution in [0.3, 0.4) is 0 Å². The van der Waals surface area contributed by atoms with Crippen molar-refractivity contribution in [3.05, 3.63) is 29.8 Å². The molecule has 1 aromatic carbocycles. The maximum atomic E-state index is 12.1. The first kappa shape index (κ1) is 18.2. The van der Waals surface area contributed by atoms with E-state index in [0.717, 1.165) is 24.8 Å². The van der Waals surface area contributed by atoms with Crippen molar-refractivity contribution in [3.63, 3.8) is 0 Å². The highest BCUT2D eigenvalue weighted by molar-refractivity contribution is 5.84. The van der Waals surface area contributed by atoms with Gasteiger partial charge in [0.1, 0.15) is 0 Å². The first-order chi connectivity index (χ1) is 12.5. The Hall–Kier alpha value is -2.57. The van der Waals surface area contributed by atoms with E-state index in [2.05, 4.69) is 15.4 Å². The minimum atomic E-state index is -0.539. The summed E-state index contributed by atoms with van der Waals surface area (Å²) in [5.74, 6) is 0.552. The molecule has 0 radical (unpaired) electrons. The van der Waals surface area contributed by atoms with Gasteiger partial charge in [-0.3, -0.25) is 14.9 Å². The van der Waals surface area contributed by atoms with Gasteiger partial charge in [0.15, 0.2) is 6.61 Å². The number of methoxy groups -OCH3 is 1. The van der Waals surface area contributed by atoms with E-state index in [0.29, 0.717) is 24.1 Å². The molecule has 140 valence electrons. The second-order valence-corrected chi connectivity index (χ2v) is 6.98. The monoisotopic (exact) mass is 360 g/mol. The summed E-state index contributed by atoms with van der Waals surface area (Å²) in [6.45, 7) is 0.0811. The highest BCUT2D eigenvalue weighted by atomic mass is 16.5. The summed E-state index contributed by atoms with van der Waals surface area (Å²) in [5.41, 5.74) is 1.47. The van der Waals surface area contributed by atoms with E-state index in [-0.39, 0.29) is 24.4 Å². The maximum Gasteiger partial charge on any atom is 0.411 e. The van der Waals surface area contributed by atoms with Gasteiger partial charge >= 0.3 is 12.1 Å². The van der Waals surface area contributed by atoms with Gasteiger partial charge in [-0.25, -0.2) is 4.79 Å². The molecule has 0 heterocycles. The lowest BCUT2D eigenvalue weighted by atomic mass is 9.89. The van der Waals surface area contributed by atoms with Gasteiger partial charge in [-0.15, -0.1) is 0 Å². The number of benzene rings is 1. The second-order valence-electron chi connectivity index (χ2n) is 6.98. The predicted octanol–water partition coefficient (Wildman–Crippen LogP) is 2.46. The third-order valence-corrected chi connectivity index (χ3v) is 5.26. The van der Waals surface area contributed by atoms with Crippen LogP contribution in [0.5, 0.6) is 0 Å². The Balaban J connectivity index is 1.37. The number of amides is 2. The van der Waals surface area contributed by atoms with E-state index in [1.54, 1.807) is 24.3 Å². The molecule has 3 atom stereocenters. The van der Waals surface area contributed by atoms with E-state index in [4.69, 9.17) is 4.74 Å². The van der Waals surface area contributed by atoms with Crippen molar-refractivity contribution >= 4 is 23.7 Å². The van der Waals surface area contributed by atoms with Crippen molar-refractivity contribution in [1.29, 1.82) is 0 Å². The lowest BCUT2D eigenvalue weighted by Crippen LogP contribution is -2.31. The van der Waals surface area contributed by atoms with Crippen LogP contribution < -0.4 is 10.6 Å². The molecule has 3 unspecified atom stereocenters. The Morgan fingerprint density at radius 1 is 1.12 bits per heavy atom. The Kier molecular flexibility index (Phi) is 5.75. The summed E-state index contributed by atoms with van der Waals surface area (Å²) in [5, 5.41) is 5.27. The van der Waals surface area contributed by atoms with Gasteiger partial charge in [0, 0.05) is 12.2 Å². The topological polar surface area (TPSA) is 93.7 Å². The Morgan fingerprint density at radius 3 is 2.50 bits per heavy atom. The standard InChI is InChI=1S/C19H24N2O5/c1-25-19(24)21-15-6-3-12(4-7-15)10-20-17(22)11-26-18(23)16-9-13-2-5-14(16)8-13/h3-4,6-7,13-14,16H,2,5,8-11H2,1H3,(H,20,22)(H,21,24). The summed E-state index contributed by atoms with van der Waals surface area (Å²) in [6.07, 6.45) is 3.84. The Bertz CT molecular complexity index is 673. The van der Waals surface area contributed by atoms with Crippen molar-refractivity contribution in [2.75, 3.05) is 19.0 Å². The van der Waals surface area contributed by atoms with Gasteiger partial charge in [-0.05, 0) is 48.8 Å². The van der Waals surface area contributed by atoms with Gasteiger partial charge in [0.2, 0.25) is 0 Å². The number of ether oxygens (including phenoxy) is 2. The predicted molar refractivity (Wildman–Crippen MR) is 94.2 cm³/mol. The number of carbonyl (C=O) groups excluding carboxylic acids is 3. The lowest BCUT2D eigenvalue weighted by molar-refractivity contribution is -0.154. The molecule has 0 aromatic heterocycles. The van der Waals surface area contributed by atoms with Crippen molar-refractivity contribution in [1.82, 2.24) is 5.32 Å². The highest BCUT2D eigenvalue weighted by Gasteiger charge is 2.43. The number of hydrogen-bond acceptors (Lipinski definition) is 5. The van der Waals surface area contributed by atoms with Crippen LogP contribution in [0, 0.1) is 17.8 Å². The van der Waals surface area contributed by atoms with E-state index in [9.17, 15) is 14.4 Å². The average Bonchev–Trinajstić information content (AvgIpc) is 3.29. The van der Waals surface area contributed by atoms with Crippen LogP contribution in [0.1, 0.15) is 31.2 Å². The highest BCUT2D eigenvalue weighted by Crippen LogP contribution is 2.48. The van der Waals surface area contributed by atoms with Crippen LogP contribution >= 0.6 is 0 Å². The summed E-state index contributed by atoms with van der Waals surface area (Å²) < 4.78 is 9.71. The molecular weight excluding hydrogens is 336 g/mol. The number of rotatable bonds is 6. The van der Waals surface area contributed by atoms with Crippen LogP contribution in [0.25, 0.3) is 0 Å². The molecule has 2 aliphatic carbocycles. The maximum absolute atomic E-state index is 12.1. The summed E-state index contributed by atoms with van der Waals surface area (Å²) in [4.78, 5) is 35.1. The fraction of sp³-hybridized carbons (Fsp3) is 0.526. The third kappa shape index (κ3) is 4.53. The van der Waals surface area contributed by atoms with Crippen LogP contribution in [0.4, 0.5) is 10.5 Å². The molecule has 2 bridgehead atoms. The number of anilines is 1. The zero-order valence-corrected chi connectivity index (χ0v) is 14.8. The van der Waals surface area contributed by atoms with Crippen molar-refractivity contribution in [2.45, 2.75) is 32.2 Å². The number of fused-ring (bicyclic) bond motifs is 2. The zero-order chi connectivity index (χ0) is 18.5. The first-order valence-corrected chi connectivity index (χ1v) is 8.92. The van der Waals surface area contributed by atoms with Crippen molar-refractivity contribution in [2.24, 2.45) is 17.8 Å². The molecule has 2 saturated carbocycles. The molecule has 26 heavy (non-hydrogen) atoms. The molecule has 7 nitrogen and oxygen atoms in total. The minimum absolute atomic E-state index is 0.0172. The Labute approximate surface area is 152 Å². The summed E-state index contributed by atoms with van der Waals surface area (Å²) in [7, 11) is 1.29. The number of carbonyl (C=O) groups is 3. The van der Waals surface area contributed by atoms with Gasteiger partial charge in [0.25, 0.3) is 5.91 Å². The van der Waals surface area contributed by atoms with Crippen LogP contribution in [-0.2, 0) is 25.6 Å². The molecule has 1 aromatic rings. The fourth-order valence-corrected chi connectivity index (χ4v) is 3.90. The van der Waals surface area contributed by atoms with E-state index in [1.165, 1.54) is 13.5 Å². The van der Waals surface area contributed by atoms with Crippen molar-refractivity contribution < 1.29 is 23.9 Å². The van der Waals surface area contributed by atoms with E-state index >= 15 is 0 Å².